The number of ether oxygens (including phenoxy) is 1. The number of aromatic nitrogens is 1. The second kappa shape index (κ2) is 8.53. The Bertz CT molecular complexity index is 980. The van der Waals surface area contributed by atoms with Crippen molar-refractivity contribution >= 4 is 15.9 Å². The molecule has 1 aromatic carbocycles. The monoisotopic (exact) mass is 416 g/mol. The van der Waals surface area contributed by atoms with Gasteiger partial charge in [-0.2, -0.15) is 14.6 Å². The highest BCUT2D eigenvalue weighted by molar-refractivity contribution is 7.89. The van der Waals surface area contributed by atoms with Crippen molar-refractivity contribution in [2.24, 2.45) is 0 Å². The largest absolute Gasteiger partial charge is 0.419 e. The zero-order valence-corrected chi connectivity index (χ0v) is 17.0. The fourth-order valence-corrected chi connectivity index (χ4v) is 5.11. The molecule has 154 valence electrons. The molecule has 2 fully saturated rings. The van der Waals surface area contributed by atoms with Gasteiger partial charge in [0.15, 0.2) is 0 Å². The summed E-state index contributed by atoms with van der Waals surface area (Å²) in [6, 6.07) is 8.58. The van der Waals surface area contributed by atoms with E-state index in [-0.39, 0.29) is 10.6 Å². The van der Waals surface area contributed by atoms with E-state index in [2.05, 4.69) is 16.0 Å². The van der Waals surface area contributed by atoms with Crippen LogP contribution in [0.5, 0.6) is 0 Å². The summed E-state index contributed by atoms with van der Waals surface area (Å²) in [7, 11) is -3.55. The van der Waals surface area contributed by atoms with Crippen LogP contribution in [0.25, 0.3) is 11.5 Å². The third-order valence-electron chi connectivity index (χ3n) is 5.32. The summed E-state index contributed by atoms with van der Waals surface area (Å²) in [5, 5.41) is 9.48. The van der Waals surface area contributed by atoms with E-state index in [0.717, 1.165) is 25.9 Å². The van der Waals surface area contributed by atoms with Crippen molar-refractivity contribution in [1.29, 1.82) is 5.26 Å². The van der Waals surface area contributed by atoms with Gasteiger partial charge in [-0.05, 0) is 37.1 Å². The SMILES string of the molecule is N#Cc1nc(-c2ccc(S(=O)(=O)N3CCOCC3)cc2)oc1N1CCCCCC1. The normalized spacial score (nSPS) is 18.9. The molecule has 4 rings (SSSR count). The molecule has 2 saturated heterocycles. The zero-order valence-electron chi connectivity index (χ0n) is 16.2. The first-order chi connectivity index (χ1) is 14.1. The second-order valence-electron chi connectivity index (χ2n) is 7.23. The lowest BCUT2D eigenvalue weighted by Crippen LogP contribution is -2.40. The lowest BCUT2D eigenvalue weighted by Gasteiger charge is -2.26. The van der Waals surface area contributed by atoms with Crippen LogP contribution < -0.4 is 4.90 Å². The fraction of sp³-hybridized carbons (Fsp3) is 0.500. The minimum atomic E-state index is -3.55. The van der Waals surface area contributed by atoms with Gasteiger partial charge < -0.3 is 14.1 Å². The standard InChI is InChI=1S/C20H24N4O4S/c21-15-18-20(23-9-3-1-2-4-10-23)28-19(22-18)16-5-7-17(8-6-16)29(25,26)24-11-13-27-14-12-24/h5-8H,1-4,9-14H2. The minimum absolute atomic E-state index is 0.225. The lowest BCUT2D eigenvalue weighted by molar-refractivity contribution is 0.0730. The Balaban J connectivity index is 1.58. The van der Waals surface area contributed by atoms with E-state index in [4.69, 9.17) is 9.15 Å². The second-order valence-corrected chi connectivity index (χ2v) is 9.16. The molecule has 2 aliphatic heterocycles. The first-order valence-corrected chi connectivity index (χ1v) is 11.4. The summed E-state index contributed by atoms with van der Waals surface area (Å²) >= 11 is 0. The average molecular weight is 417 g/mol. The molecule has 8 nitrogen and oxygen atoms in total. The molecule has 0 radical (unpaired) electrons. The number of oxazole rings is 1. The molecule has 1 aromatic heterocycles. The maximum atomic E-state index is 12.8. The first kappa shape index (κ1) is 19.9. The molecule has 29 heavy (non-hydrogen) atoms. The van der Waals surface area contributed by atoms with Gasteiger partial charge in [-0.1, -0.05) is 12.8 Å². The van der Waals surface area contributed by atoms with Crippen molar-refractivity contribution in [1.82, 2.24) is 9.29 Å². The number of anilines is 1. The molecular formula is C20H24N4O4S. The third-order valence-corrected chi connectivity index (χ3v) is 7.23. The van der Waals surface area contributed by atoms with E-state index in [9.17, 15) is 13.7 Å². The Labute approximate surface area is 170 Å². The molecule has 9 heteroatoms. The van der Waals surface area contributed by atoms with E-state index in [1.807, 2.05) is 0 Å². The van der Waals surface area contributed by atoms with Gasteiger partial charge in [0.05, 0.1) is 18.1 Å². The number of rotatable bonds is 4. The van der Waals surface area contributed by atoms with Crippen LogP contribution in [-0.2, 0) is 14.8 Å². The van der Waals surface area contributed by atoms with Crippen LogP contribution in [0.2, 0.25) is 0 Å². The van der Waals surface area contributed by atoms with Gasteiger partial charge in [0.1, 0.15) is 6.07 Å². The van der Waals surface area contributed by atoms with Crippen molar-refractivity contribution in [3.63, 3.8) is 0 Å². The summed E-state index contributed by atoms with van der Waals surface area (Å²) in [5.41, 5.74) is 0.912. The summed E-state index contributed by atoms with van der Waals surface area (Å²) < 4.78 is 38.1. The molecule has 0 amide bonds. The molecule has 0 spiro atoms. The predicted molar refractivity (Wildman–Crippen MR) is 107 cm³/mol. The third kappa shape index (κ3) is 4.15. The van der Waals surface area contributed by atoms with E-state index in [1.165, 1.54) is 17.1 Å². The zero-order chi connectivity index (χ0) is 20.3. The molecule has 3 heterocycles. The van der Waals surface area contributed by atoms with Gasteiger partial charge in [0.25, 0.3) is 0 Å². The molecule has 0 bridgehead atoms. The van der Waals surface area contributed by atoms with Crippen molar-refractivity contribution in [3.05, 3.63) is 30.0 Å². The average Bonchev–Trinajstić information content (AvgIpc) is 3.01. The molecule has 0 aliphatic carbocycles. The fourth-order valence-electron chi connectivity index (χ4n) is 3.70. The van der Waals surface area contributed by atoms with Crippen molar-refractivity contribution in [2.75, 3.05) is 44.3 Å². The van der Waals surface area contributed by atoms with Gasteiger partial charge in [0, 0.05) is 31.7 Å². The molecule has 0 atom stereocenters. The molecule has 2 aliphatic rings. The maximum Gasteiger partial charge on any atom is 0.243 e. The maximum absolute atomic E-state index is 12.8. The Morgan fingerprint density at radius 2 is 1.62 bits per heavy atom. The highest BCUT2D eigenvalue weighted by Gasteiger charge is 2.27. The summed E-state index contributed by atoms with van der Waals surface area (Å²) in [6.45, 7) is 3.22. The van der Waals surface area contributed by atoms with E-state index < -0.39 is 10.0 Å². The van der Waals surface area contributed by atoms with E-state index >= 15 is 0 Å². The number of sulfonamides is 1. The van der Waals surface area contributed by atoms with Gasteiger partial charge in [0.2, 0.25) is 27.5 Å². The number of nitrogens with zero attached hydrogens (tertiary/aromatic N) is 4. The smallest absolute Gasteiger partial charge is 0.243 e. The van der Waals surface area contributed by atoms with Crippen molar-refractivity contribution < 1.29 is 17.6 Å². The quantitative estimate of drug-likeness (QED) is 0.755. The topological polar surface area (TPSA) is 99.7 Å². The van der Waals surface area contributed by atoms with Crippen LogP contribution in [0.4, 0.5) is 5.88 Å². The van der Waals surface area contributed by atoms with Crippen molar-refractivity contribution in [2.45, 2.75) is 30.6 Å². The van der Waals surface area contributed by atoms with Crippen LogP contribution in [0.1, 0.15) is 31.4 Å². The number of nitriles is 1. The van der Waals surface area contributed by atoms with Gasteiger partial charge in [-0.15, -0.1) is 0 Å². The summed E-state index contributed by atoms with van der Waals surface area (Å²) in [6.07, 6.45) is 4.49. The summed E-state index contributed by atoms with van der Waals surface area (Å²) in [4.78, 5) is 6.65. The molecule has 2 aromatic rings. The van der Waals surface area contributed by atoms with Gasteiger partial charge in [-0.25, -0.2) is 8.42 Å². The Morgan fingerprint density at radius 1 is 0.966 bits per heavy atom. The first-order valence-electron chi connectivity index (χ1n) is 9.94. The van der Waals surface area contributed by atoms with Crippen LogP contribution in [-0.4, -0.2) is 57.1 Å². The number of hydrogen-bond donors (Lipinski definition) is 0. The number of hydrogen-bond acceptors (Lipinski definition) is 7. The van der Waals surface area contributed by atoms with Crippen LogP contribution in [0.3, 0.4) is 0 Å². The van der Waals surface area contributed by atoms with E-state index in [1.54, 1.807) is 24.3 Å². The number of benzene rings is 1. The lowest BCUT2D eigenvalue weighted by atomic mass is 10.2. The Kier molecular flexibility index (Phi) is 5.85. The minimum Gasteiger partial charge on any atom is -0.419 e. The Morgan fingerprint density at radius 3 is 2.24 bits per heavy atom. The molecule has 0 saturated carbocycles. The Hall–Kier alpha value is -2.41. The van der Waals surface area contributed by atoms with Gasteiger partial charge >= 0.3 is 0 Å². The highest BCUT2D eigenvalue weighted by atomic mass is 32.2. The van der Waals surface area contributed by atoms with Crippen LogP contribution >= 0.6 is 0 Å². The van der Waals surface area contributed by atoms with Gasteiger partial charge in [-0.3, -0.25) is 0 Å². The van der Waals surface area contributed by atoms with E-state index in [0.29, 0.717) is 43.6 Å². The van der Waals surface area contributed by atoms with Crippen LogP contribution in [0.15, 0.2) is 33.6 Å². The van der Waals surface area contributed by atoms with Crippen molar-refractivity contribution in [3.8, 4) is 17.5 Å². The summed E-state index contributed by atoms with van der Waals surface area (Å²) in [5.74, 6) is 0.838. The predicted octanol–water partition coefficient (Wildman–Crippen LogP) is 2.61. The van der Waals surface area contributed by atoms with Crippen LogP contribution in [0, 0.1) is 11.3 Å². The number of morpholine rings is 1. The molecule has 0 unspecified atom stereocenters. The molecular weight excluding hydrogens is 392 g/mol. The highest BCUT2D eigenvalue weighted by Crippen LogP contribution is 2.30. The molecule has 0 N–H and O–H groups in total.